The molecule has 4 aliphatic carbocycles. The van der Waals surface area contributed by atoms with Crippen LogP contribution in [0.4, 0.5) is 0 Å². The molecule has 2 saturated carbocycles. The van der Waals surface area contributed by atoms with Crippen LogP contribution in [0, 0.1) is 36.5 Å². The van der Waals surface area contributed by atoms with Gasteiger partial charge in [-0.05, 0) is 11.8 Å². The quantitative estimate of drug-likeness (QED) is 0.379. The van der Waals surface area contributed by atoms with Gasteiger partial charge in [0.15, 0.2) is 0 Å². The predicted octanol–water partition coefficient (Wildman–Crippen LogP) is -0.561. The molecule has 4 unspecified atom stereocenters. The zero-order valence-electron chi connectivity index (χ0n) is 14.7. The number of fused-ring (bicyclic) bond motifs is 2. The van der Waals surface area contributed by atoms with Crippen molar-refractivity contribution in [1.29, 1.82) is 0 Å². The van der Waals surface area contributed by atoms with Gasteiger partial charge in [-0.1, -0.05) is 49.3 Å². The van der Waals surface area contributed by atoms with Crippen molar-refractivity contribution in [3.63, 3.8) is 0 Å². The van der Waals surface area contributed by atoms with Crippen molar-refractivity contribution in [2.45, 2.75) is 39.5 Å². The van der Waals surface area contributed by atoms with E-state index in [9.17, 15) is 0 Å². The molecule has 4 atom stereocenters. The van der Waals surface area contributed by atoms with E-state index in [0.717, 1.165) is 23.7 Å². The second-order valence-electron chi connectivity index (χ2n) is 6.65. The van der Waals surface area contributed by atoms with Gasteiger partial charge in [0.1, 0.15) is 0 Å². The number of hydrogen-bond donors (Lipinski definition) is 0. The van der Waals surface area contributed by atoms with Gasteiger partial charge < -0.3 is 37.7 Å². The first kappa shape index (κ1) is 24.1. The SMILES string of the molecule is C1=CC2[CH-]CCC2C=C1.C1=CC2[CH-]CCC2C=C1.C[C](C)=[Ti+2].[Cl-].[Cl-]. The summed E-state index contributed by atoms with van der Waals surface area (Å²) in [6.07, 6.45) is 28.1. The Balaban J connectivity index is 0.000000341. The molecule has 0 radical (unpaired) electrons. The van der Waals surface area contributed by atoms with E-state index >= 15 is 0 Å². The van der Waals surface area contributed by atoms with Gasteiger partial charge in [0.2, 0.25) is 0 Å². The summed E-state index contributed by atoms with van der Waals surface area (Å²) in [5.41, 5.74) is 0. The average Bonchev–Trinajstić information content (AvgIpc) is 3.16. The van der Waals surface area contributed by atoms with Crippen LogP contribution >= 0.6 is 0 Å². The summed E-state index contributed by atoms with van der Waals surface area (Å²) in [6.45, 7) is 4.17. The van der Waals surface area contributed by atoms with E-state index < -0.39 is 0 Å². The summed E-state index contributed by atoms with van der Waals surface area (Å²) < 4.78 is 1.42. The maximum Gasteiger partial charge on any atom is -1.00 e. The molecule has 4 rings (SSSR count). The number of rotatable bonds is 0. The van der Waals surface area contributed by atoms with Gasteiger partial charge in [-0.2, -0.15) is 12.8 Å². The summed E-state index contributed by atoms with van der Waals surface area (Å²) >= 11 is 2.08. The van der Waals surface area contributed by atoms with Crippen molar-refractivity contribution >= 4 is 3.81 Å². The van der Waals surface area contributed by atoms with Crippen LogP contribution in [0.5, 0.6) is 0 Å². The Bertz CT molecular complexity index is 398. The van der Waals surface area contributed by atoms with Gasteiger partial charge >= 0.3 is 37.6 Å². The first-order valence-electron chi connectivity index (χ1n) is 8.55. The minimum atomic E-state index is 0. The molecule has 0 aromatic carbocycles. The fraction of sp³-hybridized carbons (Fsp3) is 0.476. The Hall–Kier alpha value is 0.124. The molecule has 0 aliphatic heterocycles. The van der Waals surface area contributed by atoms with Crippen molar-refractivity contribution in [3.8, 4) is 0 Å². The Kier molecular flexibility index (Phi) is 13.4. The zero-order chi connectivity index (χ0) is 15.8. The van der Waals surface area contributed by atoms with Crippen LogP contribution in [-0.2, 0) is 20.0 Å². The summed E-state index contributed by atoms with van der Waals surface area (Å²) in [4.78, 5) is 0. The summed E-state index contributed by atoms with van der Waals surface area (Å²) in [5.74, 6) is 3.23. The molecule has 0 saturated heterocycles. The number of halogens is 2. The fourth-order valence-corrected chi connectivity index (χ4v) is 3.39. The van der Waals surface area contributed by atoms with Crippen molar-refractivity contribution in [2.75, 3.05) is 0 Å². The van der Waals surface area contributed by atoms with Gasteiger partial charge in [0, 0.05) is 0 Å². The molecule has 4 aliphatic rings. The van der Waals surface area contributed by atoms with Crippen molar-refractivity contribution in [3.05, 3.63) is 61.4 Å². The number of allylic oxidation sites excluding steroid dienone is 8. The minimum Gasteiger partial charge on any atom is -1.00 e. The Morgan fingerprint density at radius 2 is 1.08 bits per heavy atom. The fourth-order valence-electron chi connectivity index (χ4n) is 3.39. The van der Waals surface area contributed by atoms with E-state index in [1.807, 2.05) is 0 Å². The molecule has 0 N–H and O–H groups in total. The van der Waals surface area contributed by atoms with Crippen LogP contribution in [0.15, 0.2) is 48.6 Å². The second-order valence-corrected chi connectivity index (χ2v) is 8.21. The molecule has 0 aromatic rings. The molecule has 2 fully saturated rings. The Morgan fingerprint density at radius 3 is 1.42 bits per heavy atom. The first-order chi connectivity index (χ1) is 10.7. The van der Waals surface area contributed by atoms with Gasteiger partial charge in [0.05, 0.1) is 0 Å². The molecule has 0 aromatic heterocycles. The number of hydrogen-bond acceptors (Lipinski definition) is 0. The normalized spacial score (nSPS) is 30.5. The van der Waals surface area contributed by atoms with Crippen LogP contribution in [0.2, 0.25) is 0 Å². The van der Waals surface area contributed by atoms with E-state index in [1.54, 1.807) is 0 Å². The average molecular weight is 399 g/mol. The summed E-state index contributed by atoms with van der Waals surface area (Å²) in [5, 5.41) is 0. The van der Waals surface area contributed by atoms with Crippen molar-refractivity contribution in [1.82, 2.24) is 0 Å². The third-order valence-corrected chi connectivity index (χ3v) is 4.47. The molecule has 132 valence electrons. The molecule has 24 heavy (non-hydrogen) atoms. The Labute approximate surface area is 172 Å². The van der Waals surface area contributed by atoms with Crippen molar-refractivity contribution in [2.24, 2.45) is 23.7 Å². The van der Waals surface area contributed by atoms with Gasteiger partial charge in [-0.15, -0.1) is 24.0 Å². The van der Waals surface area contributed by atoms with Crippen LogP contribution in [0.25, 0.3) is 0 Å². The standard InChI is InChI=1S/2C9H11.C3H6.2ClH.Ti/c2*1-2-5-9-7-3-6-8(9)4-1;1-3-2;;;/h2*1-2,4-6,8-9H,3,7H2;1-2H3;2*1H;/q2*-1;;;;+2/p-2. The first-order valence-corrected chi connectivity index (χ1v) is 9.33. The third kappa shape index (κ3) is 8.48. The molecule has 0 bridgehead atoms. The van der Waals surface area contributed by atoms with E-state index in [2.05, 4.69) is 95.3 Å². The third-order valence-electron chi connectivity index (χ3n) is 4.47. The summed E-state index contributed by atoms with van der Waals surface area (Å²) in [7, 11) is 0. The van der Waals surface area contributed by atoms with Gasteiger partial charge in [0.25, 0.3) is 0 Å². The van der Waals surface area contributed by atoms with Crippen LogP contribution < -0.4 is 24.8 Å². The monoisotopic (exact) mass is 398 g/mol. The molecular weight excluding hydrogens is 371 g/mol. The minimum absolute atomic E-state index is 0. The molecule has 0 nitrogen and oxygen atoms in total. The van der Waals surface area contributed by atoms with Crippen LogP contribution in [-0.4, -0.2) is 3.81 Å². The topological polar surface area (TPSA) is 0 Å². The molecular formula is C21H28Cl2Ti-2. The predicted molar refractivity (Wildman–Crippen MR) is 93.9 cm³/mol. The molecule has 0 amide bonds. The zero-order valence-corrected chi connectivity index (χ0v) is 17.7. The smallest absolute Gasteiger partial charge is 1.00 e. The van der Waals surface area contributed by atoms with E-state index in [-0.39, 0.29) is 24.8 Å². The van der Waals surface area contributed by atoms with E-state index in [0.29, 0.717) is 0 Å². The molecule has 3 heteroatoms. The Morgan fingerprint density at radius 1 is 0.750 bits per heavy atom. The van der Waals surface area contributed by atoms with Crippen LogP contribution in [0.1, 0.15) is 39.5 Å². The maximum atomic E-state index is 2.42. The van der Waals surface area contributed by atoms with E-state index in [4.69, 9.17) is 0 Å². The van der Waals surface area contributed by atoms with Crippen molar-refractivity contribution < 1.29 is 44.8 Å². The largest absolute Gasteiger partial charge is 1.00 e. The van der Waals surface area contributed by atoms with Gasteiger partial charge in [-0.3, -0.25) is 0 Å². The van der Waals surface area contributed by atoms with Gasteiger partial charge in [-0.25, -0.2) is 0 Å². The summed E-state index contributed by atoms with van der Waals surface area (Å²) in [6, 6.07) is 0. The second kappa shape index (κ2) is 13.3. The van der Waals surface area contributed by atoms with Crippen LogP contribution in [0.3, 0.4) is 0 Å². The molecule has 0 heterocycles. The molecule has 0 spiro atoms. The van der Waals surface area contributed by atoms with E-state index in [1.165, 1.54) is 29.5 Å². The maximum absolute atomic E-state index is 2.42.